The standard InChI is InChI=1S/C13H8FN5S/c14-9-7(2-1-6-3-4-20-11(6)9)10-8(5-15)12(16)19-13(17)18-10/h1-4H,(H4,16,17,18,19). The van der Waals surface area contributed by atoms with E-state index >= 15 is 0 Å². The van der Waals surface area contributed by atoms with Gasteiger partial charge in [-0.3, -0.25) is 0 Å². The normalized spacial score (nSPS) is 10.6. The Morgan fingerprint density at radius 1 is 1.20 bits per heavy atom. The first-order valence-corrected chi connectivity index (χ1v) is 6.49. The fraction of sp³-hybridized carbons (Fsp3) is 0. The highest BCUT2D eigenvalue weighted by Gasteiger charge is 2.18. The van der Waals surface area contributed by atoms with Crippen LogP contribution in [0.15, 0.2) is 23.6 Å². The predicted molar refractivity (Wildman–Crippen MR) is 76.3 cm³/mol. The molecule has 98 valence electrons. The van der Waals surface area contributed by atoms with Gasteiger partial charge in [0.05, 0.1) is 10.4 Å². The van der Waals surface area contributed by atoms with Crippen LogP contribution in [-0.2, 0) is 0 Å². The van der Waals surface area contributed by atoms with Crippen LogP contribution in [0.1, 0.15) is 5.56 Å². The minimum absolute atomic E-state index is 0.0222. The zero-order valence-electron chi connectivity index (χ0n) is 10.1. The molecule has 0 unspecified atom stereocenters. The van der Waals surface area contributed by atoms with Crippen LogP contribution < -0.4 is 11.5 Å². The molecule has 5 nitrogen and oxygen atoms in total. The largest absolute Gasteiger partial charge is 0.382 e. The minimum Gasteiger partial charge on any atom is -0.382 e. The second-order valence-electron chi connectivity index (χ2n) is 4.07. The molecule has 2 heterocycles. The number of aromatic nitrogens is 2. The first kappa shape index (κ1) is 12.3. The van der Waals surface area contributed by atoms with Gasteiger partial charge in [-0.15, -0.1) is 11.3 Å². The Balaban J connectivity index is 2.36. The van der Waals surface area contributed by atoms with Crippen molar-refractivity contribution in [3.8, 4) is 17.3 Å². The molecular formula is C13H8FN5S. The van der Waals surface area contributed by atoms with E-state index < -0.39 is 5.82 Å². The van der Waals surface area contributed by atoms with Gasteiger partial charge in [-0.05, 0) is 22.9 Å². The van der Waals surface area contributed by atoms with E-state index in [1.165, 1.54) is 11.3 Å². The van der Waals surface area contributed by atoms with Crippen LogP contribution in [-0.4, -0.2) is 9.97 Å². The average Bonchev–Trinajstić information content (AvgIpc) is 2.87. The van der Waals surface area contributed by atoms with Gasteiger partial charge < -0.3 is 11.5 Å². The molecule has 0 radical (unpaired) electrons. The molecule has 4 N–H and O–H groups in total. The quantitative estimate of drug-likeness (QED) is 0.715. The molecule has 0 fully saturated rings. The van der Waals surface area contributed by atoms with E-state index in [1.807, 2.05) is 12.1 Å². The Labute approximate surface area is 117 Å². The third-order valence-electron chi connectivity index (χ3n) is 2.88. The van der Waals surface area contributed by atoms with Gasteiger partial charge in [0.25, 0.3) is 0 Å². The van der Waals surface area contributed by atoms with Crippen molar-refractivity contribution in [2.75, 3.05) is 11.5 Å². The summed E-state index contributed by atoms with van der Waals surface area (Å²) in [6.45, 7) is 0. The van der Waals surface area contributed by atoms with Crippen LogP contribution in [0.25, 0.3) is 21.3 Å². The molecule has 20 heavy (non-hydrogen) atoms. The molecule has 0 aliphatic rings. The molecule has 2 aromatic heterocycles. The summed E-state index contributed by atoms with van der Waals surface area (Å²) in [6, 6.07) is 7.04. The lowest BCUT2D eigenvalue weighted by Gasteiger charge is -2.08. The molecule has 0 bridgehead atoms. The van der Waals surface area contributed by atoms with Crippen molar-refractivity contribution in [3.05, 3.63) is 35.0 Å². The fourth-order valence-corrected chi connectivity index (χ4v) is 2.82. The van der Waals surface area contributed by atoms with Crippen LogP contribution >= 0.6 is 11.3 Å². The molecule has 0 amide bonds. The zero-order valence-corrected chi connectivity index (χ0v) is 10.9. The van der Waals surface area contributed by atoms with Crippen molar-refractivity contribution >= 4 is 33.2 Å². The number of nitriles is 1. The highest BCUT2D eigenvalue weighted by atomic mass is 32.1. The number of nitrogens with zero attached hydrogens (tertiary/aromatic N) is 3. The number of hydrogen-bond donors (Lipinski definition) is 2. The summed E-state index contributed by atoms with van der Waals surface area (Å²) in [5, 5.41) is 11.7. The van der Waals surface area contributed by atoms with E-state index in [-0.39, 0.29) is 28.6 Å². The van der Waals surface area contributed by atoms with E-state index in [0.29, 0.717) is 4.70 Å². The molecule has 0 aliphatic carbocycles. The summed E-state index contributed by atoms with van der Waals surface area (Å²) in [4.78, 5) is 7.67. The number of thiophene rings is 1. The predicted octanol–water partition coefficient (Wildman–Crippen LogP) is 2.53. The van der Waals surface area contributed by atoms with Gasteiger partial charge in [0.15, 0.2) is 0 Å². The Kier molecular flexibility index (Phi) is 2.73. The molecule has 0 saturated heterocycles. The van der Waals surface area contributed by atoms with E-state index in [4.69, 9.17) is 16.7 Å². The van der Waals surface area contributed by atoms with Crippen LogP contribution in [0, 0.1) is 17.1 Å². The van der Waals surface area contributed by atoms with E-state index in [1.54, 1.807) is 17.5 Å². The van der Waals surface area contributed by atoms with Gasteiger partial charge in [-0.2, -0.15) is 10.2 Å². The van der Waals surface area contributed by atoms with Crippen molar-refractivity contribution in [1.82, 2.24) is 9.97 Å². The molecule has 0 spiro atoms. The SMILES string of the molecule is N#Cc1c(N)nc(N)nc1-c1ccc2ccsc2c1F. The molecule has 0 atom stereocenters. The monoisotopic (exact) mass is 285 g/mol. The maximum Gasteiger partial charge on any atom is 0.222 e. The van der Waals surface area contributed by atoms with Crippen molar-refractivity contribution < 1.29 is 4.39 Å². The van der Waals surface area contributed by atoms with Gasteiger partial charge in [0.2, 0.25) is 5.95 Å². The summed E-state index contributed by atoms with van der Waals surface area (Å²) in [5.74, 6) is -0.589. The first-order valence-electron chi connectivity index (χ1n) is 5.61. The minimum atomic E-state index is -0.438. The number of hydrogen-bond acceptors (Lipinski definition) is 6. The summed E-state index contributed by atoms with van der Waals surface area (Å²) >= 11 is 1.28. The van der Waals surface area contributed by atoms with Crippen LogP contribution in [0.3, 0.4) is 0 Å². The molecular weight excluding hydrogens is 277 g/mol. The summed E-state index contributed by atoms with van der Waals surface area (Å²) in [7, 11) is 0. The topological polar surface area (TPSA) is 102 Å². The summed E-state index contributed by atoms with van der Waals surface area (Å²) in [5.41, 5.74) is 11.5. The van der Waals surface area contributed by atoms with E-state index in [9.17, 15) is 4.39 Å². The first-order chi connectivity index (χ1) is 9.61. The summed E-state index contributed by atoms with van der Waals surface area (Å²) < 4.78 is 15.0. The van der Waals surface area contributed by atoms with Gasteiger partial charge in [0.1, 0.15) is 23.3 Å². The number of rotatable bonds is 1. The van der Waals surface area contributed by atoms with Crippen molar-refractivity contribution in [2.45, 2.75) is 0 Å². The number of halogens is 1. The van der Waals surface area contributed by atoms with Crippen LogP contribution in [0.4, 0.5) is 16.2 Å². The summed E-state index contributed by atoms with van der Waals surface area (Å²) in [6.07, 6.45) is 0. The second-order valence-corrected chi connectivity index (χ2v) is 4.98. The molecule has 3 rings (SSSR count). The lowest BCUT2D eigenvalue weighted by Crippen LogP contribution is -2.05. The Morgan fingerprint density at radius 2 is 2.00 bits per heavy atom. The Morgan fingerprint density at radius 3 is 2.75 bits per heavy atom. The van der Waals surface area contributed by atoms with Crippen LogP contribution in [0.2, 0.25) is 0 Å². The Hall–Kier alpha value is -2.72. The average molecular weight is 285 g/mol. The molecule has 1 aromatic carbocycles. The number of nitrogens with two attached hydrogens (primary N) is 2. The number of nitrogen functional groups attached to an aromatic ring is 2. The Bertz CT molecular complexity index is 865. The van der Waals surface area contributed by atoms with Gasteiger partial charge in [0, 0.05) is 5.56 Å². The molecule has 3 aromatic rings. The highest BCUT2D eigenvalue weighted by Crippen LogP contribution is 2.33. The van der Waals surface area contributed by atoms with Crippen molar-refractivity contribution in [1.29, 1.82) is 5.26 Å². The van der Waals surface area contributed by atoms with Gasteiger partial charge >= 0.3 is 0 Å². The second kappa shape index (κ2) is 4.43. The lowest BCUT2D eigenvalue weighted by atomic mass is 10.1. The zero-order chi connectivity index (χ0) is 14.3. The lowest BCUT2D eigenvalue weighted by molar-refractivity contribution is 0.644. The molecule has 0 aliphatic heterocycles. The third-order valence-corrected chi connectivity index (χ3v) is 3.81. The van der Waals surface area contributed by atoms with Crippen molar-refractivity contribution in [2.24, 2.45) is 0 Å². The van der Waals surface area contributed by atoms with Crippen LogP contribution in [0.5, 0.6) is 0 Å². The van der Waals surface area contributed by atoms with Crippen molar-refractivity contribution in [3.63, 3.8) is 0 Å². The maximum atomic E-state index is 14.5. The number of fused-ring (bicyclic) bond motifs is 1. The third kappa shape index (κ3) is 1.74. The molecule has 0 saturated carbocycles. The van der Waals surface area contributed by atoms with E-state index in [0.717, 1.165) is 5.39 Å². The maximum absolute atomic E-state index is 14.5. The fourth-order valence-electron chi connectivity index (χ4n) is 1.98. The van der Waals surface area contributed by atoms with E-state index in [2.05, 4.69) is 9.97 Å². The van der Waals surface area contributed by atoms with Gasteiger partial charge in [-0.1, -0.05) is 6.07 Å². The van der Waals surface area contributed by atoms with Gasteiger partial charge in [-0.25, -0.2) is 9.37 Å². The smallest absolute Gasteiger partial charge is 0.222 e. The highest BCUT2D eigenvalue weighted by molar-refractivity contribution is 7.17. The number of benzene rings is 1. The number of anilines is 2. The molecule has 7 heteroatoms.